The predicted molar refractivity (Wildman–Crippen MR) is 106 cm³/mol. The number of aryl methyl sites for hydroxylation is 1. The molecule has 0 spiro atoms. The smallest absolute Gasteiger partial charge is 0.349 e. The van der Waals surface area contributed by atoms with Crippen molar-refractivity contribution in [1.29, 1.82) is 5.26 Å². The number of ether oxygens (including phenoxy) is 4. The van der Waals surface area contributed by atoms with Crippen molar-refractivity contribution in [2.45, 2.75) is 13.3 Å². The van der Waals surface area contributed by atoms with Gasteiger partial charge >= 0.3 is 11.9 Å². The summed E-state index contributed by atoms with van der Waals surface area (Å²) in [6, 6.07) is 13.9. The van der Waals surface area contributed by atoms with Crippen LogP contribution in [0.1, 0.15) is 18.1 Å². The van der Waals surface area contributed by atoms with Crippen molar-refractivity contribution >= 4 is 18.0 Å². The van der Waals surface area contributed by atoms with E-state index in [1.165, 1.54) is 32.4 Å². The molecule has 29 heavy (non-hydrogen) atoms. The molecule has 150 valence electrons. The molecule has 7 heteroatoms. The summed E-state index contributed by atoms with van der Waals surface area (Å²) < 4.78 is 20.6. The molecule has 0 aliphatic heterocycles. The van der Waals surface area contributed by atoms with Gasteiger partial charge in [-0.05, 0) is 47.9 Å². The third-order valence-corrected chi connectivity index (χ3v) is 3.91. The maximum atomic E-state index is 12.1. The lowest BCUT2D eigenvalue weighted by Crippen LogP contribution is -2.18. The van der Waals surface area contributed by atoms with Gasteiger partial charge in [-0.25, -0.2) is 9.59 Å². The van der Waals surface area contributed by atoms with Gasteiger partial charge in [0, 0.05) is 0 Å². The third-order valence-electron chi connectivity index (χ3n) is 3.91. The minimum absolute atomic E-state index is 0.165. The van der Waals surface area contributed by atoms with Crippen LogP contribution in [0.15, 0.2) is 48.0 Å². The van der Waals surface area contributed by atoms with Gasteiger partial charge in [-0.15, -0.1) is 0 Å². The molecule has 0 aliphatic carbocycles. The zero-order valence-electron chi connectivity index (χ0n) is 16.4. The van der Waals surface area contributed by atoms with Crippen molar-refractivity contribution < 1.29 is 28.5 Å². The van der Waals surface area contributed by atoms with Crippen LogP contribution in [0.3, 0.4) is 0 Å². The van der Waals surface area contributed by atoms with Crippen molar-refractivity contribution in [1.82, 2.24) is 0 Å². The number of hydrogen-bond acceptors (Lipinski definition) is 7. The first-order chi connectivity index (χ1) is 14.0. The largest absolute Gasteiger partial charge is 0.493 e. The van der Waals surface area contributed by atoms with E-state index in [1.54, 1.807) is 18.2 Å². The molecule has 0 aliphatic rings. The first-order valence-electron chi connectivity index (χ1n) is 8.81. The molecule has 0 atom stereocenters. The molecule has 0 saturated carbocycles. The molecule has 2 aromatic rings. The molecule has 0 aromatic heterocycles. The van der Waals surface area contributed by atoms with Gasteiger partial charge < -0.3 is 18.9 Å². The van der Waals surface area contributed by atoms with E-state index in [1.807, 2.05) is 25.1 Å². The number of carbonyl (C=O) groups excluding carboxylic acids is 2. The Hall–Kier alpha value is -3.79. The molecule has 0 N–H and O–H groups in total. The summed E-state index contributed by atoms with van der Waals surface area (Å²) in [7, 11) is 2.61. The molecule has 0 saturated heterocycles. The van der Waals surface area contributed by atoms with Crippen LogP contribution in [0.2, 0.25) is 0 Å². The Balaban J connectivity index is 2.08. The van der Waals surface area contributed by atoms with E-state index < -0.39 is 11.9 Å². The molecule has 0 amide bonds. The van der Waals surface area contributed by atoms with Crippen LogP contribution in [0.5, 0.6) is 17.2 Å². The van der Waals surface area contributed by atoms with Gasteiger partial charge in [0.2, 0.25) is 0 Å². The van der Waals surface area contributed by atoms with E-state index in [0.717, 1.165) is 12.0 Å². The second-order valence-electron chi connectivity index (χ2n) is 5.84. The average Bonchev–Trinajstić information content (AvgIpc) is 2.76. The zero-order chi connectivity index (χ0) is 21.2. The Kier molecular flexibility index (Phi) is 7.80. The minimum Gasteiger partial charge on any atom is -0.493 e. The first kappa shape index (κ1) is 21.5. The first-order valence-corrected chi connectivity index (χ1v) is 8.81. The fourth-order valence-electron chi connectivity index (χ4n) is 2.42. The monoisotopic (exact) mass is 395 g/mol. The quantitative estimate of drug-likeness (QED) is 0.293. The lowest BCUT2D eigenvalue weighted by atomic mass is 10.1. The molecule has 0 heterocycles. The summed E-state index contributed by atoms with van der Waals surface area (Å²) in [5, 5.41) is 9.04. The highest BCUT2D eigenvalue weighted by atomic mass is 16.6. The Bertz CT molecular complexity index is 958. The molecule has 7 nitrogen and oxygen atoms in total. The lowest BCUT2D eigenvalue weighted by Gasteiger charge is -2.11. The van der Waals surface area contributed by atoms with Crippen molar-refractivity contribution in [3.05, 3.63) is 59.2 Å². The molecular formula is C22H21NO6. The standard InChI is InChI=1S/C22H21NO6/c1-4-15-6-5-7-18(11-15)28-14-21(24)29-19-9-8-16(12-20(19)26-2)10-17(13-23)22(25)27-3/h5-12H,4,14H2,1-3H3/b17-10+. The Morgan fingerprint density at radius 3 is 2.55 bits per heavy atom. The number of hydrogen-bond donors (Lipinski definition) is 0. The van der Waals surface area contributed by atoms with Gasteiger partial charge in [-0.3, -0.25) is 0 Å². The van der Waals surface area contributed by atoms with E-state index in [9.17, 15) is 9.59 Å². The third kappa shape index (κ3) is 6.11. The second kappa shape index (κ2) is 10.5. The SMILES string of the molecule is CCc1cccc(OCC(=O)Oc2ccc(/C=C(\C#N)C(=O)OC)cc2OC)c1. The van der Waals surface area contributed by atoms with Crippen LogP contribution < -0.4 is 14.2 Å². The van der Waals surface area contributed by atoms with Crippen molar-refractivity contribution in [3.8, 4) is 23.3 Å². The number of carbonyl (C=O) groups is 2. The minimum atomic E-state index is -0.744. The van der Waals surface area contributed by atoms with Crippen molar-refractivity contribution in [2.75, 3.05) is 20.8 Å². The van der Waals surface area contributed by atoms with Crippen LogP contribution in [0, 0.1) is 11.3 Å². The number of rotatable bonds is 8. The fraction of sp³-hybridized carbons (Fsp3) is 0.227. The van der Waals surface area contributed by atoms with Gasteiger partial charge in [0.1, 0.15) is 17.4 Å². The highest BCUT2D eigenvalue weighted by Crippen LogP contribution is 2.29. The average molecular weight is 395 g/mol. The maximum Gasteiger partial charge on any atom is 0.349 e. The van der Waals surface area contributed by atoms with Crippen molar-refractivity contribution in [2.24, 2.45) is 0 Å². The molecule has 0 fully saturated rings. The maximum absolute atomic E-state index is 12.1. The normalized spacial score (nSPS) is 10.6. The number of nitriles is 1. The van der Waals surface area contributed by atoms with E-state index >= 15 is 0 Å². The van der Waals surface area contributed by atoms with Crippen molar-refractivity contribution in [3.63, 3.8) is 0 Å². The number of esters is 2. The Morgan fingerprint density at radius 2 is 1.90 bits per heavy atom. The predicted octanol–water partition coefficient (Wildman–Crippen LogP) is 3.32. The van der Waals surface area contributed by atoms with E-state index in [2.05, 4.69) is 4.74 Å². The molecule has 0 bridgehead atoms. The van der Waals surface area contributed by atoms with Gasteiger partial charge in [-0.1, -0.05) is 25.1 Å². The summed E-state index contributed by atoms with van der Waals surface area (Å²) in [5.74, 6) is -0.299. The zero-order valence-corrected chi connectivity index (χ0v) is 16.4. The van der Waals surface area contributed by atoms with E-state index in [-0.39, 0.29) is 23.7 Å². The van der Waals surface area contributed by atoms with Crippen LogP contribution >= 0.6 is 0 Å². The molecule has 0 radical (unpaired) electrons. The van der Waals surface area contributed by atoms with Gasteiger partial charge in [-0.2, -0.15) is 5.26 Å². The Morgan fingerprint density at radius 1 is 1.10 bits per heavy atom. The highest BCUT2D eigenvalue weighted by molar-refractivity contribution is 5.97. The van der Waals surface area contributed by atoms with Crippen LogP contribution in [-0.4, -0.2) is 32.8 Å². The molecular weight excluding hydrogens is 374 g/mol. The highest BCUT2D eigenvalue weighted by Gasteiger charge is 2.13. The summed E-state index contributed by atoms with van der Waals surface area (Å²) in [5.41, 5.74) is 1.45. The summed E-state index contributed by atoms with van der Waals surface area (Å²) in [6.45, 7) is 1.77. The summed E-state index contributed by atoms with van der Waals surface area (Å²) in [6.07, 6.45) is 2.22. The van der Waals surface area contributed by atoms with Crippen LogP contribution in [-0.2, 0) is 20.7 Å². The molecule has 2 rings (SSSR count). The van der Waals surface area contributed by atoms with Gasteiger partial charge in [0.05, 0.1) is 14.2 Å². The van der Waals surface area contributed by atoms with Gasteiger partial charge in [0.15, 0.2) is 18.1 Å². The molecule has 2 aromatic carbocycles. The second-order valence-corrected chi connectivity index (χ2v) is 5.84. The Labute approximate surface area is 169 Å². The lowest BCUT2D eigenvalue weighted by molar-refractivity contribution is -0.137. The van der Waals surface area contributed by atoms with E-state index in [4.69, 9.17) is 19.5 Å². The fourth-order valence-corrected chi connectivity index (χ4v) is 2.42. The summed E-state index contributed by atoms with van der Waals surface area (Å²) in [4.78, 5) is 23.6. The number of methoxy groups -OCH3 is 2. The molecule has 0 unspecified atom stereocenters. The van der Waals surface area contributed by atoms with Crippen LogP contribution in [0.4, 0.5) is 0 Å². The van der Waals surface area contributed by atoms with Crippen LogP contribution in [0.25, 0.3) is 6.08 Å². The topological polar surface area (TPSA) is 94.9 Å². The van der Waals surface area contributed by atoms with E-state index in [0.29, 0.717) is 11.3 Å². The summed E-state index contributed by atoms with van der Waals surface area (Å²) >= 11 is 0. The number of benzene rings is 2. The van der Waals surface area contributed by atoms with Gasteiger partial charge in [0.25, 0.3) is 0 Å². The number of nitrogens with zero attached hydrogens (tertiary/aromatic N) is 1.